The minimum Gasteiger partial charge on any atom is -0.481 e. The van der Waals surface area contributed by atoms with E-state index in [0.717, 1.165) is 88.9 Å². The van der Waals surface area contributed by atoms with Crippen LogP contribution in [0.2, 0.25) is 0 Å². The molecule has 2 fully saturated rings. The Bertz CT molecular complexity index is 1680. The largest absolute Gasteiger partial charge is 0.481 e. The molecule has 4 aromatic rings. The number of piperazine rings is 1. The number of ether oxygens (including phenoxy) is 1. The van der Waals surface area contributed by atoms with Crippen LogP contribution in [-0.2, 0) is 27.3 Å². The summed E-state index contributed by atoms with van der Waals surface area (Å²) in [5.74, 6) is -0.412. The Morgan fingerprint density at radius 1 is 0.978 bits per heavy atom. The normalized spacial score (nSPS) is 17.4. The molecule has 2 saturated heterocycles. The van der Waals surface area contributed by atoms with Crippen LogP contribution in [0.4, 0.5) is 0 Å². The standard InChI is InChI=1S/C37H46N4O4/c1-24(2)39-17-19-40(20-18-39)37(44)35(29-15-21-45-22-16-29)28-11-9-27(10-12-28)23-41-32-8-6-5-7-31(32)34-25(3)30(13-14-33(42)43)26(4)38-36(34)41/h5-12,24,29,35H,13-23H2,1-4H3,(H,42,43). The lowest BCUT2D eigenvalue weighted by Crippen LogP contribution is -2.52. The van der Waals surface area contributed by atoms with Crippen molar-refractivity contribution in [3.63, 3.8) is 0 Å². The van der Waals surface area contributed by atoms with Gasteiger partial charge in [0.2, 0.25) is 5.91 Å². The first-order chi connectivity index (χ1) is 21.7. The Labute approximate surface area is 266 Å². The van der Waals surface area contributed by atoms with Crippen LogP contribution in [0, 0.1) is 19.8 Å². The van der Waals surface area contributed by atoms with Gasteiger partial charge in [0.05, 0.1) is 11.4 Å². The molecule has 2 aromatic carbocycles. The molecule has 8 heteroatoms. The highest BCUT2D eigenvalue weighted by Gasteiger charge is 2.35. The lowest BCUT2D eigenvalue weighted by molar-refractivity contribution is -0.138. The number of nitrogens with zero attached hydrogens (tertiary/aromatic N) is 4. The molecule has 1 atom stereocenters. The van der Waals surface area contributed by atoms with Gasteiger partial charge in [-0.3, -0.25) is 14.5 Å². The number of carbonyl (C=O) groups excluding carboxylic acids is 1. The molecule has 0 bridgehead atoms. The van der Waals surface area contributed by atoms with Crippen LogP contribution in [0.25, 0.3) is 21.9 Å². The van der Waals surface area contributed by atoms with E-state index in [-0.39, 0.29) is 24.2 Å². The van der Waals surface area contributed by atoms with E-state index in [4.69, 9.17) is 9.72 Å². The fourth-order valence-electron chi connectivity index (χ4n) is 7.52. The number of carbonyl (C=O) groups is 2. The first kappa shape index (κ1) is 31.2. The maximum Gasteiger partial charge on any atom is 0.303 e. The van der Waals surface area contributed by atoms with Crippen molar-refractivity contribution in [1.82, 2.24) is 19.4 Å². The second-order valence-electron chi connectivity index (χ2n) is 13.1. The summed E-state index contributed by atoms with van der Waals surface area (Å²) in [6.07, 6.45) is 2.37. The summed E-state index contributed by atoms with van der Waals surface area (Å²) in [4.78, 5) is 35.0. The monoisotopic (exact) mass is 610 g/mol. The van der Waals surface area contributed by atoms with Gasteiger partial charge in [-0.05, 0) is 81.2 Å². The molecule has 4 heterocycles. The fraction of sp³-hybridized carbons (Fsp3) is 0.486. The smallest absolute Gasteiger partial charge is 0.303 e. The molecule has 238 valence electrons. The molecule has 2 aliphatic rings. The Balaban J connectivity index is 1.30. The van der Waals surface area contributed by atoms with Crippen molar-refractivity contribution in [3.05, 3.63) is 76.5 Å². The number of carboxylic acids is 1. The SMILES string of the molecule is Cc1nc2c(c(C)c1CCC(=O)O)c1ccccc1n2Cc1ccc(C(C(=O)N2CCN(C(C)C)CC2)C2CCOCC2)cc1. The molecule has 0 radical (unpaired) electrons. The molecule has 45 heavy (non-hydrogen) atoms. The third-order valence-electron chi connectivity index (χ3n) is 10.1. The minimum atomic E-state index is -0.797. The maximum absolute atomic E-state index is 14.1. The summed E-state index contributed by atoms with van der Waals surface area (Å²) in [6.45, 7) is 14.0. The Morgan fingerprint density at radius 2 is 1.67 bits per heavy atom. The molecule has 2 aliphatic heterocycles. The highest BCUT2D eigenvalue weighted by Crippen LogP contribution is 2.36. The molecule has 2 aromatic heterocycles. The van der Waals surface area contributed by atoms with Crippen molar-refractivity contribution < 1.29 is 19.4 Å². The molecule has 1 N–H and O–H groups in total. The number of rotatable bonds is 9. The number of para-hydroxylation sites is 1. The topological polar surface area (TPSA) is 87.9 Å². The second-order valence-corrected chi connectivity index (χ2v) is 13.1. The fourth-order valence-corrected chi connectivity index (χ4v) is 7.52. The molecule has 0 saturated carbocycles. The number of carboxylic acid groups (broad SMARTS) is 1. The summed E-state index contributed by atoms with van der Waals surface area (Å²) in [6, 6.07) is 17.5. The number of aromatic nitrogens is 2. The van der Waals surface area contributed by atoms with E-state index < -0.39 is 5.97 Å². The number of amides is 1. The van der Waals surface area contributed by atoms with Gasteiger partial charge in [-0.1, -0.05) is 42.5 Å². The van der Waals surface area contributed by atoms with Crippen LogP contribution in [0.1, 0.15) is 67.0 Å². The van der Waals surface area contributed by atoms with Gasteiger partial charge in [0.25, 0.3) is 0 Å². The van der Waals surface area contributed by atoms with Crippen molar-refractivity contribution >= 4 is 33.8 Å². The van der Waals surface area contributed by atoms with Crippen LogP contribution in [0.5, 0.6) is 0 Å². The lowest BCUT2D eigenvalue weighted by Gasteiger charge is -2.40. The van der Waals surface area contributed by atoms with Gasteiger partial charge in [-0.15, -0.1) is 0 Å². The number of hydrogen-bond donors (Lipinski definition) is 1. The first-order valence-corrected chi connectivity index (χ1v) is 16.5. The number of aliphatic carboxylic acids is 1. The third-order valence-corrected chi connectivity index (χ3v) is 10.1. The zero-order chi connectivity index (χ0) is 31.7. The quantitative estimate of drug-likeness (QED) is 0.253. The van der Waals surface area contributed by atoms with Gasteiger partial charge in [-0.2, -0.15) is 0 Å². The van der Waals surface area contributed by atoms with E-state index in [1.54, 1.807) is 0 Å². The molecular weight excluding hydrogens is 564 g/mol. The number of hydrogen-bond acceptors (Lipinski definition) is 5. The number of pyridine rings is 1. The molecule has 1 unspecified atom stereocenters. The summed E-state index contributed by atoms with van der Waals surface area (Å²) in [5, 5.41) is 11.5. The minimum absolute atomic E-state index is 0.0887. The maximum atomic E-state index is 14.1. The van der Waals surface area contributed by atoms with E-state index in [0.29, 0.717) is 32.2 Å². The predicted molar refractivity (Wildman–Crippen MR) is 178 cm³/mol. The molecular formula is C37H46N4O4. The van der Waals surface area contributed by atoms with Gasteiger partial charge in [0, 0.05) is 74.9 Å². The summed E-state index contributed by atoms with van der Waals surface area (Å²) in [5.41, 5.74) is 7.28. The zero-order valence-electron chi connectivity index (χ0n) is 27.1. The van der Waals surface area contributed by atoms with E-state index in [9.17, 15) is 14.7 Å². The van der Waals surface area contributed by atoms with Gasteiger partial charge in [0.1, 0.15) is 5.65 Å². The zero-order valence-corrected chi connectivity index (χ0v) is 27.1. The first-order valence-electron chi connectivity index (χ1n) is 16.5. The van der Waals surface area contributed by atoms with Gasteiger partial charge in [0.15, 0.2) is 0 Å². The lowest BCUT2D eigenvalue weighted by atomic mass is 9.80. The Hall–Kier alpha value is -3.75. The van der Waals surface area contributed by atoms with Crippen molar-refractivity contribution in [2.24, 2.45) is 5.92 Å². The van der Waals surface area contributed by atoms with Crippen LogP contribution in [0.3, 0.4) is 0 Å². The summed E-state index contributed by atoms with van der Waals surface area (Å²) >= 11 is 0. The van der Waals surface area contributed by atoms with E-state index in [1.165, 1.54) is 0 Å². The summed E-state index contributed by atoms with van der Waals surface area (Å²) < 4.78 is 7.96. The Morgan fingerprint density at radius 3 is 2.33 bits per heavy atom. The molecule has 1 amide bonds. The average molecular weight is 611 g/mol. The molecule has 6 rings (SSSR count). The average Bonchev–Trinajstić information content (AvgIpc) is 3.35. The highest BCUT2D eigenvalue weighted by atomic mass is 16.5. The third kappa shape index (κ3) is 6.36. The van der Waals surface area contributed by atoms with E-state index in [2.05, 4.69) is 77.6 Å². The van der Waals surface area contributed by atoms with Gasteiger partial charge >= 0.3 is 5.97 Å². The Kier molecular flexibility index (Phi) is 9.24. The molecule has 0 spiro atoms. The van der Waals surface area contributed by atoms with Crippen LogP contribution in [-0.4, -0.2) is 81.8 Å². The van der Waals surface area contributed by atoms with Crippen molar-refractivity contribution in [2.75, 3.05) is 39.4 Å². The van der Waals surface area contributed by atoms with Crippen LogP contribution in [0.15, 0.2) is 48.5 Å². The van der Waals surface area contributed by atoms with E-state index >= 15 is 0 Å². The van der Waals surface area contributed by atoms with Gasteiger partial charge in [-0.25, -0.2) is 4.98 Å². The molecule has 0 aliphatic carbocycles. The van der Waals surface area contributed by atoms with Crippen molar-refractivity contribution in [2.45, 2.75) is 71.9 Å². The van der Waals surface area contributed by atoms with Crippen molar-refractivity contribution in [1.29, 1.82) is 0 Å². The van der Waals surface area contributed by atoms with Crippen LogP contribution >= 0.6 is 0 Å². The molecule has 8 nitrogen and oxygen atoms in total. The van der Waals surface area contributed by atoms with E-state index in [1.807, 2.05) is 13.0 Å². The summed E-state index contributed by atoms with van der Waals surface area (Å²) in [7, 11) is 0. The number of aryl methyl sites for hydroxylation is 2. The number of benzene rings is 2. The predicted octanol–water partition coefficient (Wildman–Crippen LogP) is 5.93. The van der Waals surface area contributed by atoms with Crippen LogP contribution < -0.4 is 0 Å². The number of fused-ring (bicyclic) bond motifs is 3. The van der Waals surface area contributed by atoms with Gasteiger partial charge < -0.3 is 19.3 Å². The second kappa shape index (κ2) is 13.3. The van der Waals surface area contributed by atoms with Crippen molar-refractivity contribution in [3.8, 4) is 0 Å². The highest BCUT2D eigenvalue weighted by molar-refractivity contribution is 6.08.